The maximum Gasteiger partial charge on any atom is 0.445 e. The van der Waals surface area contributed by atoms with Gasteiger partial charge in [0.15, 0.2) is 0 Å². The van der Waals surface area contributed by atoms with Gasteiger partial charge in [-0.2, -0.15) is 13.2 Å². The van der Waals surface area contributed by atoms with E-state index in [0.717, 1.165) is 6.42 Å². The Balaban J connectivity index is 2.47. The zero-order valence-corrected chi connectivity index (χ0v) is 8.82. The molecule has 0 aliphatic carbocycles. The summed E-state index contributed by atoms with van der Waals surface area (Å²) in [5, 5.41) is 8.49. The first-order valence-corrected chi connectivity index (χ1v) is 5.11. The van der Waals surface area contributed by atoms with E-state index in [1.807, 2.05) is 19.1 Å². The molecule has 0 bridgehead atoms. The molecule has 0 aliphatic rings. The molecule has 0 atom stereocenters. The van der Waals surface area contributed by atoms with Crippen LogP contribution in [0.2, 0.25) is 0 Å². The first kappa shape index (κ1) is 12.0. The lowest BCUT2D eigenvalue weighted by Gasteiger charge is -1.98. The Labute approximate surface area is 89.0 Å². The maximum absolute atomic E-state index is 12.1. The zero-order chi connectivity index (χ0) is 11.3. The number of halogens is 3. The van der Waals surface area contributed by atoms with Gasteiger partial charge in [-0.05, 0) is 13.3 Å². The van der Waals surface area contributed by atoms with Gasteiger partial charge in [0.1, 0.15) is 0 Å². The number of allylic oxidation sites excluding steroid dienone is 1. The lowest BCUT2D eigenvalue weighted by molar-refractivity contribution is -0.138. The van der Waals surface area contributed by atoms with E-state index in [9.17, 15) is 13.2 Å². The second-order valence-electron chi connectivity index (χ2n) is 2.69. The molecule has 1 rings (SSSR count). The summed E-state index contributed by atoms with van der Waals surface area (Å²) >= 11 is 0.515. The molecular weight excluding hydrogens is 227 g/mol. The van der Waals surface area contributed by atoms with Gasteiger partial charge in [-0.15, -0.1) is 10.2 Å². The highest BCUT2D eigenvalue weighted by atomic mass is 32.1. The standard InChI is InChI=1S/C8H10F3N3S/c1-2-3-4-5-12-7-14-13-6(15-7)8(9,10)11/h2-3H,4-5H2,1H3,(H,12,14)/b3-2+. The van der Waals surface area contributed by atoms with Crippen molar-refractivity contribution in [2.24, 2.45) is 0 Å². The Morgan fingerprint density at radius 1 is 1.40 bits per heavy atom. The van der Waals surface area contributed by atoms with Crippen LogP contribution in [-0.4, -0.2) is 16.7 Å². The highest BCUT2D eigenvalue weighted by Gasteiger charge is 2.35. The van der Waals surface area contributed by atoms with Gasteiger partial charge in [-0.1, -0.05) is 23.5 Å². The zero-order valence-electron chi connectivity index (χ0n) is 8.01. The van der Waals surface area contributed by atoms with Crippen molar-refractivity contribution in [2.45, 2.75) is 19.5 Å². The Hall–Kier alpha value is -1.11. The molecule has 0 radical (unpaired) electrons. The quantitative estimate of drug-likeness (QED) is 0.646. The monoisotopic (exact) mass is 237 g/mol. The van der Waals surface area contributed by atoms with Crippen LogP contribution in [0.3, 0.4) is 0 Å². The van der Waals surface area contributed by atoms with Crippen molar-refractivity contribution >= 4 is 16.5 Å². The van der Waals surface area contributed by atoms with Gasteiger partial charge in [-0.25, -0.2) is 0 Å². The molecule has 84 valence electrons. The molecule has 0 aliphatic heterocycles. The van der Waals surface area contributed by atoms with Crippen molar-refractivity contribution in [1.29, 1.82) is 0 Å². The minimum Gasteiger partial charge on any atom is -0.360 e. The van der Waals surface area contributed by atoms with E-state index in [0.29, 0.717) is 17.9 Å². The van der Waals surface area contributed by atoms with E-state index < -0.39 is 11.2 Å². The van der Waals surface area contributed by atoms with Crippen molar-refractivity contribution in [1.82, 2.24) is 10.2 Å². The van der Waals surface area contributed by atoms with Crippen LogP contribution >= 0.6 is 11.3 Å². The molecule has 0 unspecified atom stereocenters. The fourth-order valence-electron chi connectivity index (χ4n) is 0.838. The molecule has 3 nitrogen and oxygen atoms in total. The summed E-state index contributed by atoms with van der Waals surface area (Å²) in [7, 11) is 0. The largest absolute Gasteiger partial charge is 0.445 e. The average molecular weight is 237 g/mol. The number of anilines is 1. The number of nitrogens with one attached hydrogen (secondary N) is 1. The lowest BCUT2D eigenvalue weighted by atomic mass is 10.4. The molecule has 1 aromatic heterocycles. The van der Waals surface area contributed by atoms with Crippen molar-refractivity contribution in [2.75, 3.05) is 11.9 Å². The van der Waals surface area contributed by atoms with Crippen LogP contribution in [0.5, 0.6) is 0 Å². The first-order valence-electron chi connectivity index (χ1n) is 4.29. The number of rotatable bonds is 4. The Morgan fingerprint density at radius 2 is 2.13 bits per heavy atom. The number of hydrogen-bond donors (Lipinski definition) is 1. The van der Waals surface area contributed by atoms with Gasteiger partial charge < -0.3 is 5.32 Å². The highest BCUT2D eigenvalue weighted by molar-refractivity contribution is 7.15. The number of aromatic nitrogens is 2. The molecule has 1 aromatic rings. The van der Waals surface area contributed by atoms with Crippen LogP contribution in [0.1, 0.15) is 18.4 Å². The summed E-state index contributed by atoms with van der Waals surface area (Å²) in [6.45, 7) is 2.43. The molecule has 0 fully saturated rings. The first-order chi connectivity index (χ1) is 7.04. The molecule has 0 aromatic carbocycles. The fourth-order valence-corrected chi connectivity index (χ4v) is 1.47. The summed E-state index contributed by atoms with van der Waals surface area (Å²) in [4.78, 5) is 0. The summed E-state index contributed by atoms with van der Waals surface area (Å²) in [6.07, 6.45) is 0.139. The smallest absolute Gasteiger partial charge is 0.360 e. The summed E-state index contributed by atoms with van der Waals surface area (Å²) in [5.74, 6) is 0. The van der Waals surface area contributed by atoms with E-state index in [4.69, 9.17) is 0 Å². The Morgan fingerprint density at radius 3 is 2.67 bits per heavy atom. The van der Waals surface area contributed by atoms with Crippen LogP contribution in [0.4, 0.5) is 18.3 Å². The topological polar surface area (TPSA) is 37.8 Å². The molecule has 7 heteroatoms. The summed E-state index contributed by atoms with van der Waals surface area (Å²) < 4.78 is 36.3. The molecule has 0 amide bonds. The molecule has 15 heavy (non-hydrogen) atoms. The SMILES string of the molecule is C/C=C/CCNc1nnc(C(F)(F)F)s1. The summed E-state index contributed by atoms with van der Waals surface area (Å²) in [5.41, 5.74) is 0. The maximum atomic E-state index is 12.1. The van der Waals surface area contributed by atoms with Gasteiger partial charge in [-0.3, -0.25) is 0 Å². The molecule has 1 heterocycles. The van der Waals surface area contributed by atoms with E-state index in [1.54, 1.807) is 0 Å². The number of hydrogen-bond acceptors (Lipinski definition) is 4. The Kier molecular flexibility index (Phi) is 4.07. The molecule has 0 saturated carbocycles. The average Bonchev–Trinajstić information content (AvgIpc) is 2.60. The highest BCUT2D eigenvalue weighted by Crippen LogP contribution is 2.32. The van der Waals surface area contributed by atoms with Gasteiger partial charge >= 0.3 is 6.18 Å². The molecular formula is C8H10F3N3S. The van der Waals surface area contributed by atoms with Crippen LogP contribution in [0.15, 0.2) is 12.2 Å². The normalized spacial score (nSPS) is 12.3. The van der Waals surface area contributed by atoms with Crippen molar-refractivity contribution in [3.05, 3.63) is 17.2 Å². The van der Waals surface area contributed by atoms with Gasteiger partial charge in [0, 0.05) is 6.54 Å². The predicted molar refractivity (Wildman–Crippen MR) is 52.8 cm³/mol. The van der Waals surface area contributed by atoms with Crippen molar-refractivity contribution in [3.63, 3.8) is 0 Å². The predicted octanol–water partition coefficient (Wildman–Crippen LogP) is 2.94. The summed E-state index contributed by atoms with van der Waals surface area (Å²) in [6, 6.07) is 0. The van der Waals surface area contributed by atoms with Crippen molar-refractivity contribution < 1.29 is 13.2 Å². The molecule has 1 N–H and O–H groups in total. The van der Waals surface area contributed by atoms with Crippen LogP contribution in [0.25, 0.3) is 0 Å². The van der Waals surface area contributed by atoms with Gasteiger partial charge in [0.25, 0.3) is 0 Å². The molecule has 0 saturated heterocycles. The van der Waals surface area contributed by atoms with Crippen LogP contribution in [-0.2, 0) is 6.18 Å². The van der Waals surface area contributed by atoms with E-state index in [-0.39, 0.29) is 5.13 Å². The Bertz CT molecular complexity index is 332. The third-order valence-electron chi connectivity index (χ3n) is 1.49. The van der Waals surface area contributed by atoms with E-state index in [2.05, 4.69) is 15.5 Å². The van der Waals surface area contributed by atoms with E-state index in [1.165, 1.54) is 0 Å². The third-order valence-corrected chi connectivity index (χ3v) is 2.42. The number of nitrogens with zero attached hydrogens (tertiary/aromatic N) is 2. The molecule has 0 spiro atoms. The minimum atomic E-state index is -4.40. The van der Waals surface area contributed by atoms with Gasteiger partial charge in [0.05, 0.1) is 0 Å². The van der Waals surface area contributed by atoms with Crippen molar-refractivity contribution in [3.8, 4) is 0 Å². The fraction of sp³-hybridized carbons (Fsp3) is 0.500. The third kappa shape index (κ3) is 3.86. The second kappa shape index (κ2) is 5.11. The van der Waals surface area contributed by atoms with Crippen LogP contribution < -0.4 is 5.32 Å². The van der Waals surface area contributed by atoms with E-state index >= 15 is 0 Å². The van der Waals surface area contributed by atoms with Gasteiger partial charge in [0.2, 0.25) is 10.1 Å². The van der Waals surface area contributed by atoms with Crippen LogP contribution in [0, 0.1) is 0 Å². The number of alkyl halides is 3. The second-order valence-corrected chi connectivity index (χ2v) is 3.67. The minimum absolute atomic E-state index is 0.201. The lowest BCUT2D eigenvalue weighted by Crippen LogP contribution is -2.03.